The van der Waals surface area contributed by atoms with Crippen LogP contribution in [-0.4, -0.2) is 30.6 Å². The number of hydrogen-bond acceptors (Lipinski definition) is 4. The molecule has 0 saturated carbocycles. The molecule has 0 aliphatic carbocycles. The van der Waals surface area contributed by atoms with Crippen molar-refractivity contribution in [2.24, 2.45) is 0 Å². The molecular formula is C34H32N2O3. The fourth-order valence-corrected chi connectivity index (χ4v) is 6.22. The number of anilines is 1. The van der Waals surface area contributed by atoms with Crippen molar-refractivity contribution in [1.82, 2.24) is 4.40 Å². The summed E-state index contributed by atoms with van der Waals surface area (Å²) in [7, 11) is 1.68. The van der Waals surface area contributed by atoms with Gasteiger partial charge >= 0.3 is 5.97 Å². The number of pyridine rings is 1. The third kappa shape index (κ3) is 3.64. The summed E-state index contributed by atoms with van der Waals surface area (Å²) in [5, 5.41) is 0. The summed E-state index contributed by atoms with van der Waals surface area (Å²) in [5.41, 5.74) is 7.21. The van der Waals surface area contributed by atoms with Gasteiger partial charge in [0, 0.05) is 47.7 Å². The van der Waals surface area contributed by atoms with Crippen LogP contribution >= 0.6 is 0 Å². The molecule has 1 atom stereocenters. The predicted molar refractivity (Wildman–Crippen MR) is 156 cm³/mol. The molecule has 1 aliphatic rings. The van der Waals surface area contributed by atoms with E-state index in [4.69, 9.17) is 9.47 Å². The molecule has 2 aromatic heterocycles. The highest BCUT2D eigenvalue weighted by atomic mass is 16.6. The highest BCUT2D eigenvalue weighted by molar-refractivity contribution is 5.98. The lowest BCUT2D eigenvalue weighted by atomic mass is 9.77. The Bertz CT molecular complexity index is 1680. The summed E-state index contributed by atoms with van der Waals surface area (Å²) in [5.74, 6) is 0.344. The van der Waals surface area contributed by atoms with Gasteiger partial charge in [0.2, 0.25) is 0 Å². The van der Waals surface area contributed by atoms with Crippen LogP contribution in [0.5, 0.6) is 5.75 Å². The zero-order chi connectivity index (χ0) is 27.1. The van der Waals surface area contributed by atoms with Crippen molar-refractivity contribution in [2.45, 2.75) is 26.4 Å². The van der Waals surface area contributed by atoms with E-state index in [1.807, 2.05) is 54.6 Å². The number of esters is 1. The summed E-state index contributed by atoms with van der Waals surface area (Å²) in [6.07, 6.45) is 2.07. The van der Waals surface area contributed by atoms with E-state index in [9.17, 15) is 4.79 Å². The van der Waals surface area contributed by atoms with Gasteiger partial charge in [0.05, 0.1) is 23.9 Å². The first-order valence-electron chi connectivity index (χ1n) is 13.5. The number of fused-ring (bicyclic) bond motifs is 2. The maximum atomic E-state index is 13.5. The van der Waals surface area contributed by atoms with E-state index in [0.717, 1.165) is 57.8 Å². The molecule has 0 radical (unpaired) electrons. The number of cyclic esters (lactones) is 1. The van der Waals surface area contributed by atoms with Crippen LogP contribution in [0.1, 0.15) is 46.5 Å². The number of carbonyl (C=O) groups excluding carboxylic acids is 1. The number of benzene rings is 3. The molecule has 0 spiro atoms. The summed E-state index contributed by atoms with van der Waals surface area (Å²) in [4.78, 5) is 15.8. The molecule has 0 N–H and O–H groups in total. The number of carbonyl (C=O) groups is 1. The number of rotatable bonds is 7. The van der Waals surface area contributed by atoms with Gasteiger partial charge in [0.25, 0.3) is 0 Å². The van der Waals surface area contributed by atoms with Crippen LogP contribution in [0.3, 0.4) is 0 Å². The molecule has 3 aromatic carbocycles. The second-order valence-corrected chi connectivity index (χ2v) is 9.84. The molecule has 0 amide bonds. The lowest BCUT2D eigenvalue weighted by Gasteiger charge is -2.33. The van der Waals surface area contributed by atoms with Crippen LogP contribution in [0.4, 0.5) is 5.69 Å². The van der Waals surface area contributed by atoms with Gasteiger partial charge in [-0.05, 0) is 62.2 Å². The molecule has 5 heteroatoms. The Labute approximate surface area is 229 Å². The first-order chi connectivity index (χ1) is 19.0. The van der Waals surface area contributed by atoms with Gasteiger partial charge in [0.1, 0.15) is 5.75 Å². The zero-order valence-corrected chi connectivity index (χ0v) is 22.8. The topological polar surface area (TPSA) is 43.2 Å². The third-order valence-electron chi connectivity index (χ3n) is 7.95. The standard InChI is InChI=1S/C34H32N2O3/c1-5-35(6-2)25-19-20-28(30(22-25)38-4)34(27-17-11-10-16-26(27)33(37)39-34)31-23(3)32(24-14-8-7-9-15-24)36-21-13-12-18-29(31)36/h7-22H,5-6H2,1-4H3. The average Bonchev–Trinajstić information content (AvgIpc) is 3.45. The summed E-state index contributed by atoms with van der Waals surface area (Å²) >= 11 is 0. The summed E-state index contributed by atoms with van der Waals surface area (Å²) in [6, 6.07) is 30.5. The molecule has 1 aliphatic heterocycles. The minimum atomic E-state index is -1.19. The average molecular weight is 517 g/mol. The molecule has 1 unspecified atom stereocenters. The number of nitrogens with zero attached hydrogens (tertiary/aromatic N) is 2. The van der Waals surface area contributed by atoms with Crippen molar-refractivity contribution in [2.75, 3.05) is 25.1 Å². The lowest BCUT2D eigenvalue weighted by Crippen LogP contribution is -2.31. The van der Waals surface area contributed by atoms with Crippen molar-refractivity contribution < 1.29 is 14.3 Å². The SMILES string of the molecule is CCN(CC)c1ccc(C2(c3c(C)c(-c4ccccc4)n4ccccc34)OC(=O)c3ccccc32)c(OC)c1. The molecule has 5 nitrogen and oxygen atoms in total. The smallest absolute Gasteiger partial charge is 0.340 e. The maximum Gasteiger partial charge on any atom is 0.340 e. The Balaban J connectivity index is 1.73. The van der Waals surface area contributed by atoms with Crippen molar-refractivity contribution in [3.05, 3.63) is 125 Å². The molecule has 6 rings (SSSR count). The quantitative estimate of drug-likeness (QED) is 0.214. The number of hydrogen-bond donors (Lipinski definition) is 0. The predicted octanol–water partition coefficient (Wildman–Crippen LogP) is 7.23. The molecule has 0 fully saturated rings. The molecular weight excluding hydrogens is 484 g/mol. The lowest BCUT2D eigenvalue weighted by molar-refractivity contribution is 0.0248. The Hall–Kier alpha value is -4.51. The Kier molecular flexibility index (Phi) is 6.15. The van der Waals surface area contributed by atoms with Gasteiger partial charge in [0.15, 0.2) is 5.60 Å². The van der Waals surface area contributed by atoms with Gasteiger partial charge in [-0.15, -0.1) is 0 Å². The summed E-state index contributed by atoms with van der Waals surface area (Å²) in [6.45, 7) is 8.17. The van der Waals surface area contributed by atoms with E-state index in [1.165, 1.54) is 0 Å². The van der Waals surface area contributed by atoms with Crippen LogP contribution in [0.15, 0.2) is 97.2 Å². The Morgan fingerprint density at radius 1 is 0.872 bits per heavy atom. The van der Waals surface area contributed by atoms with Crippen LogP contribution in [0.25, 0.3) is 16.8 Å². The van der Waals surface area contributed by atoms with Crippen molar-refractivity contribution in [3.8, 4) is 17.0 Å². The molecule has 5 aromatic rings. The van der Waals surface area contributed by atoms with E-state index in [2.05, 4.69) is 72.7 Å². The Morgan fingerprint density at radius 2 is 1.59 bits per heavy atom. The van der Waals surface area contributed by atoms with E-state index >= 15 is 0 Å². The molecule has 39 heavy (non-hydrogen) atoms. The van der Waals surface area contributed by atoms with Gasteiger partial charge in [-0.1, -0.05) is 54.6 Å². The summed E-state index contributed by atoms with van der Waals surface area (Å²) < 4.78 is 14.8. The van der Waals surface area contributed by atoms with Crippen LogP contribution in [0, 0.1) is 6.92 Å². The van der Waals surface area contributed by atoms with Crippen LogP contribution < -0.4 is 9.64 Å². The third-order valence-corrected chi connectivity index (χ3v) is 7.95. The molecule has 0 bridgehead atoms. The molecule has 0 saturated heterocycles. The van der Waals surface area contributed by atoms with E-state index < -0.39 is 5.60 Å². The normalized spacial score (nSPS) is 16.3. The van der Waals surface area contributed by atoms with Gasteiger partial charge in [-0.3, -0.25) is 0 Å². The second kappa shape index (κ2) is 9.66. The van der Waals surface area contributed by atoms with Crippen LogP contribution in [-0.2, 0) is 10.3 Å². The van der Waals surface area contributed by atoms with Gasteiger partial charge in [-0.25, -0.2) is 4.79 Å². The first-order valence-corrected chi connectivity index (χ1v) is 13.5. The van der Waals surface area contributed by atoms with Gasteiger partial charge < -0.3 is 18.8 Å². The maximum absolute atomic E-state index is 13.5. The van der Waals surface area contributed by atoms with E-state index in [0.29, 0.717) is 11.3 Å². The van der Waals surface area contributed by atoms with E-state index in [1.54, 1.807) is 7.11 Å². The minimum absolute atomic E-state index is 0.337. The molecule has 3 heterocycles. The Morgan fingerprint density at radius 3 is 2.33 bits per heavy atom. The molecule has 196 valence electrons. The fourth-order valence-electron chi connectivity index (χ4n) is 6.22. The van der Waals surface area contributed by atoms with Gasteiger partial charge in [-0.2, -0.15) is 0 Å². The number of ether oxygens (including phenoxy) is 2. The highest BCUT2D eigenvalue weighted by Crippen LogP contribution is 2.54. The number of methoxy groups -OCH3 is 1. The fraction of sp³-hybridized carbons (Fsp3) is 0.206. The van der Waals surface area contributed by atoms with Crippen LogP contribution in [0.2, 0.25) is 0 Å². The van der Waals surface area contributed by atoms with Crippen molar-refractivity contribution >= 4 is 17.2 Å². The largest absolute Gasteiger partial charge is 0.496 e. The zero-order valence-electron chi connectivity index (χ0n) is 22.8. The highest BCUT2D eigenvalue weighted by Gasteiger charge is 2.52. The monoisotopic (exact) mass is 516 g/mol. The van der Waals surface area contributed by atoms with Crippen molar-refractivity contribution in [3.63, 3.8) is 0 Å². The van der Waals surface area contributed by atoms with E-state index in [-0.39, 0.29) is 5.97 Å². The number of aromatic nitrogens is 1. The van der Waals surface area contributed by atoms with Crippen molar-refractivity contribution in [1.29, 1.82) is 0 Å². The first kappa shape index (κ1) is 24.8. The minimum Gasteiger partial charge on any atom is -0.496 e. The second-order valence-electron chi connectivity index (χ2n) is 9.84.